The molecular weight excluding hydrogens is 230 g/mol. The minimum Gasteiger partial charge on any atom is -0.303 e. The monoisotopic (exact) mass is 249 g/mol. The van der Waals surface area contributed by atoms with E-state index in [-0.39, 0.29) is 63.9 Å². The van der Waals surface area contributed by atoms with Crippen LogP contribution in [0.25, 0.3) is 0 Å². The molecule has 6 heteroatoms. The Morgan fingerprint density at radius 2 is 1.93 bits per heavy atom. The Labute approximate surface area is 128 Å². The van der Waals surface area contributed by atoms with Gasteiger partial charge in [0.25, 0.3) is 0 Å². The fourth-order valence-corrected chi connectivity index (χ4v) is 1.51. The molecule has 0 aromatic heterocycles. The van der Waals surface area contributed by atoms with E-state index in [0.717, 1.165) is 25.7 Å². The molecule has 0 aromatic carbocycles. The average Bonchev–Trinajstić information content (AvgIpc) is 2.03. The third kappa shape index (κ3) is 11.8. The molecule has 1 unspecified atom stereocenters. The van der Waals surface area contributed by atoms with Crippen LogP contribution < -0.4 is 0 Å². The third-order valence-electron chi connectivity index (χ3n) is 2.02. The first-order valence-corrected chi connectivity index (χ1v) is 6.22. The maximum Gasteiger partial charge on any atom is 0.469 e. The van der Waals surface area contributed by atoms with E-state index in [4.69, 9.17) is 9.79 Å². The topological polar surface area (TPSA) is 66.8 Å². The fourth-order valence-electron chi connectivity index (χ4n) is 1.10. The van der Waals surface area contributed by atoms with Gasteiger partial charge in [0, 0.05) is 51.4 Å². The summed E-state index contributed by atoms with van der Waals surface area (Å²) in [6.07, 6.45) is 4.07. The van der Waals surface area contributed by atoms with Gasteiger partial charge in [0.2, 0.25) is 0 Å². The van der Waals surface area contributed by atoms with Gasteiger partial charge in [-0.25, -0.2) is 4.57 Å². The average molecular weight is 249 g/mol. The van der Waals surface area contributed by atoms with Crippen LogP contribution in [0.5, 0.6) is 0 Å². The van der Waals surface area contributed by atoms with E-state index in [1.54, 1.807) is 0 Å². The first-order valence-electron chi connectivity index (χ1n) is 4.69. The van der Waals surface area contributed by atoms with Crippen LogP contribution in [0.1, 0.15) is 39.5 Å². The van der Waals surface area contributed by atoms with Gasteiger partial charge in [-0.2, -0.15) is 0 Å². The van der Waals surface area contributed by atoms with E-state index in [9.17, 15) is 4.57 Å². The van der Waals surface area contributed by atoms with E-state index < -0.39 is 7.82 Å². The summed E-state index contributed by atoms with van der Waals surface area (Å²) in [7, 11) is -4.26. The second kappa shape index (κ2) is 9.94. The molecular formula is C8H19KO4P. The first-order chi connectivity index (χ1) is 5.99. The van der Waals surface area contributed by atoms with Crippen LogP contribution in [0.15, 0.2) is 0 Å². The zero-order valence-electron chi connectivity index (χ0n) is 9.27. The van der Waals surface area contributed by atoms with Crippen molar-refractivity contribution >= 4 is 59.2 Å². The van der Waals surface area contributed by atoms with Crippen molar-refractivity contribution in [3.8, 4) is 0 Å². The summed E-state index contributed by atoms with van der Waals surface area (Å²) in [5, 5.41) is 0. The second-order valence-corrected chi connectivity index (χ2v) is 4.44. The van der Waals surface area contributed by atoms with Crippen LogP contribution in [0.3, 0.4) is 0 Å². The summed E-state index contributed by atoms with van der Waals surface area (Å²) in [4.78, 5) is 17.0. The minimum absolute atomic E-state index is 0. The summed E-state index contributed by atoms with van der Waals surface area (Å²) < 4.78 is 14.8. The number of phosphoric ester groups is 1. The summed E-state index contributed by atoms with van der Waals surface area (Å²) in [5.41, 5.74) is 0. The summed E-state index contributed by atoms with van der Waals surface area (Å²) in [5.74, 6) is 0.271. The predicted molar refractivity (Wildman–Crippen MR) is 57.1 cm³/mol. The van der Waals surface area contributed by atoms with Gasteiger partial charge < -0.3 is 9.79 Å². The Morgan fingerprint density at radius 1 is 1.36 bits per heavy atom. The molecule has 0 aliphatic carbocycles. The van der Waals surface area contributed by atoms with Crippen molar-refractivity contribution in [1.29, 1.82) is 0 Å². The molecule has 0 saturated carbocycles. The molecule has 81 valence electrons. The van der Waals surface area contributed by atoms with Crippen molar-refractivity contribution in [2.45, 2.75) is 39.5 Å². The van der Waals surface area contributed by atoms with Crippen molar-refractivity contribution in [2.75, 3.05) is 6.61 Å². The standard InChI is InChI=1S/C8H19O4P.K/c1-3-5-6-8(4-2)7-12-13(9,10)11;/h8H,3-7H2,1-2H3,(H2,9,10,11);. The van der Waals surface area contributed by atoms with E-state index in [1.807, 2.05) is 6.92 Å². The largest absolute Gasteiger partial charge is 0.469 e. The van der Waals surface area contributed by atoms with Crippen LogP contribution in [0, 0.1) is 5.92 Å². The molecule has 0 bridgehead atoms. The van der Waals surface area contributed by atoms with Crippen LogP contribution in [0.4, 0.5) is 0 Å². The van der Waals surface area contributed by atoms with Crippen molar-refractivity contribution in [3.63, 3.8) is 0 Å². The van der Waals surface area contributed by atoms with Crippen LogP contribution in [-0.2, 0) is 9.09 Å². The number of hydrogen-bond donors (Lipinski definition) is 2. The van der Waals surface area contributed by atoms with Crippen molar-refractivity contribution in [3.05, 3.63) is 0 Å². The summed E-state index contributed by atoms with van der Waals surface area (Å²) in [6.45, 7) is 4.26. The van der Waals surface area contributed by atoms with E-state index >= 15 is 0 Å². The van der Waals surface area contributed by atoms with Gasteiger partial charge in [-0.1, -0.05) is 33.1 Å². The van der Waals surface area contributed by atoms with Crippen molar-refractivity contribution in [1.82, 2.24) is 0 Å². The smallest absolute Gasteiger partial charge is 0.303 e. The molecule has 0 amide bonds. The minimum atomic E-state index is -4.26. The molecule has 14 heavy (non-hydrogen) atoms. The second-order valence-electron chi connectivity index (χ2n) is 3.20. The number of unbranched alkanes of at least 4 members (excludes halogenated alkanes) is 1. The van der Waals surface area contributed by atoms with Gasteiger partial charge in [0.15, 0.2) is 0 Å². The molecule has 2 N–H and O–H groups in total. The Kier molecular flexibility index (Phi) is 12.9. The van der Waals surface area contributed by atoms with Gasteiger partial charge in [-0.3, -0.25) is 4.52 Å². The molecule has 0 saturated heterocycles. The van der Waals surface area contributed by atoms with Gasteiger partial charge >= 0.3 is 7.82 Å². The SMILES string of the molecule is CCCCC(CC)COP(=O)(O)O.[K]. The first kappa shape index (κ1) is 18.1. The fraction of sp³-hybridized carbons (Fsp3) is 1.00. The van der Waals surface area contributed by atoms with E-state index in [2.05, 4.69) is 11.4 Å². The summed E-state index contributed by atoms with van der Waals surface area (Å²) in [6, 6.07) is 0. The molecule has 1 radical (unpaired) electrons. The number of phosphoric acid groups is 1. The zero-order valence-corrected chi connectivity index (χ0v) is 13.3. The van der Waals surface area contributed by atoms with Gasteiger partial charge in [-0.15, -0.1) is 0 Å². The Balaban J connectivity index is 0. The quantitative estimate of drug-likeness (QED) is 0.534. The molecule has 0 aliphatic heterocycles. The molecule has 0 rings (SSSR count). The predicted octanol–water partition coefficient (Wildman–Crippen LogP) is 1.93. The Hall–Kier alpha value is 1.75. The Morgan fingerprint density at radius 3 is 2.29 bits per heavy atom. The number of hydrogen-bond acceptors (Lipinski definition) is 2. The van der Waals surface area contributed by atoms with Crippen molar-refractivity contribution < 1.29 is 18.9 Å². The van der Waals surface area contributed by atoms with Crippen LogP contribution in [-0.4, -0.2) is 67.8 Å². The van der Waals surface area contributed by atoms with Crippen molar-refractivity contribution in [2.24, 2.45) is 5.92 Å². The van der Waals surface area contributed by atoms with Crippen LogP contribution >= 0.6 is 7.82 Å². The third-order valence-corrected chi connectivity index (χ3v) is 2.51. The molecule has 1 atom stereocenters. The van der Waals surface area contributed by atoms with Gasteiger partial charge in [-0.05, 0) is 12.3 Å². The molecule has 0 aromatic rings. The molecule has 0 spiro atoms. The number of rotatable bonds is 7. The molecule has 0 fully saturated rings. The van der Waals surface area contributed by atoms with E-state index in [1.165, 1.54) is 0 Å². The van der Waals surface area contributed by atoms with Crippen LogP contribution in [0.2, 0.25) is 0 Å². The van der Waals surface area contributed by atoms with Gasteiger partial charge in [0.05, 0.1) is 6.61 Å². The Bertz CT molecular complexity index is 171. The molecule has 0 aliphatic rings. The maximum atomic E-state index is 10.4. The van der Waals surface area contributed by atoms with Gasteiger partial charge in [0.1, 0.15) is 0 Å². The normalized spacial score (nSPS) is 13.4. The molecule has 4 nitrogen and oxygen atoms in total. The molecule has 0 heterocycles. The zero-order chi connectivity index (χ0) is 10.3. The van der Waals surface area contributed by atoms with E-state index in [0.29, 0.717) is 0 Å². The summed E-state index contributed by atoms with van der Waals surface area (Å²) >= 11 is 0. The maximum absolute atomic E-state index is 10.4.